The zero-order valence-electron chi connectivity index (χ0n) is 23.1. The second-order valence-electron chi connectivity index (χ2n) is 10.4. The molecule has 4 aliphatic rings. The molecule has 4 aliphatic carbocycles. The molecule has 6 atom stereocenters. The van der Waals surface area contributed by atoms with Crippen molar-refractivity contribution in [3.63, 3.8) is 0 Å². The van der Waals surface area contributed by atoms with Crippen molar-refractivity contribution in [1.29, 1.82) is 0 Å². The summed E-state index contributed by atoms with van der Waals surface area (Å²) < 4.78 is 0. The molecule has 0 bridgehead atoms. The predicted molar refractivity (Wildman–Crippen MR) is 159 cm³/mol. The summed E-state index contributed by atoms with van der Waals surface area (Å²) in [5, 5.41) is 0. The summed E-state index contributed by atoms with van der Waals surface area (Å²) in [7, 11) is 0. The van der Waals surface area contributed by atoms with E-state index >= 15 is 0 Å². The molecule has 198 valence electrons. The number of hydrogen-bond acceptors (Lipinski definition) is 0. The Labute approximate surface area is 243 Å². The van der Waals surface area contributed by atoms with Crippen LogP contribution in [0.3, 0.4) is 0 Å². The van der Waals surface area contributed by atoms with E-state index in [0.29, 0.717) is 0 Å². The van der Waals surface area contributed by atoms with Gasteiger partial charge in [0, 0.05) is 0 Å². The standard InChI is InChI=1S/2C14H21.2CH3.2ClH.H2Si.Zr/c2*1-10(2)13-7-5-4-6-12-8-11(3)9-14(12)13;;;;;;/h2*4-6,8,10-11,13-14H,7,9H2,1-3H3;2*1H3;2*1H;1H2;/q4*-1;;;;. The van der Waals surface area contributed by atoms with Crippen LogP contribution >= 0.6 is 24.8 Å². The fourth-order valence-electron chi connectivity index (χ4n) is 5.95. The van der Waals surface area contributed by atoms with Crippen LogP contribution in [0.5, 0.6) is 0 Å². The monoisotopic (exact) mass is 600 g/mol. The predicted octanol–water partition coefficient (Wildman–Crippen LogP) is 8.84. The van der Waals surface area contributed by atoms with E-state index in [9.17, 15) is 0 Å². The van der Waals surface area contributed by atoms with Gasteiger partial charge in [0.05, 0.1) is 0 Å². The summed E-state index contributed by atoms with van der Waals surface area (Å²) in [5.74, 6) is 6.59. The molecule has 34 heavy (non-hydrogen) atoms. The van der Waals surface area contributed by atoms with E-state index in [-0.39, 0.29) is 39.7 Å². The van der Waals surface area contributed by atoms with E-state index in [0.717, 1.165) is 47.3 Å². The van der Waals surface area contributed by atoms with Gasteiger partial charge in [-0.05, 0) is 48.3 Å². The topological polar surface area (TPSA) is 0 Å². The maximum absolute atomic E-state index is 2.47. The Morgan fingerprint density at radius 2 is 1.06 bits per heavy atom. The molecule has 2 saturated carbocycles. The summed E-state index contributed by atoms with van der Waals surface area (Å²) in [5.41, 5.74) is 3.20. The minimum absolute atomic E-state index is 0. The van der Waals surface area contributed by atoms with Crippen LogP contribution in [0.2, 0.25) is 0 Å². The summed E-state index contributed by atoms with van der Waals surface area (Å²) in [6.07, 6.45) is 24.1. The zero-order chi connectivity index (χ0) is 22.3. The van der Waals surface area contributed by atoms with Gasteiger partial charge in [-0.15, -0.1) is 49.1 Å². The van der Waals surface area contributed by atoms with Crippen molar-refractivity contribution >= 4 is 31.7 Å². The maximum atomic E-state index is 2.47. The summed E-state index contributed by atoms with van der Waals surface area (Å²) in [4.78, 5) is 0. The SMILES string of the molecule is CC1[CH-]C2=CC=CCC(C(C)C)C2C1.CC1[CH-]C2=CC=CCC(C(C)C)C2C1.Cl.Cl.[CH3-].[CH3-].[SiH2]=[Zr]. The van der Waals surface area contributed by atoms with Crippen LogP contribution in [0.25, 0.3) is 0 Å². The van der Waals surface area contributed by atoms with Crippen molar-refractivity contribution in [3.05, 3.63) is 75.3 Å². The van der Waals surface area contributed by atoms with Gasteiger partial charge in [0.15, 0.2) is 0 Å². The Bertz CT molecular complexity index is 609. The summed E-state index contributed by atoms with van der Waals surface area (Å²) in [6.45, 7) is 16.1. The first kappa shape index (κ1) is 38.9. The normalized spacial score (nSPS) is 30.0. The first-order valence-electron chi connectivity index (χ1n) is 12.1. The zero-order valence-corrected chi connectivity index (χ0v) is 28.6. The summed E-state index contributed by atoms with van der Waals surface area (Å²) >= 11 is 1.58. The molecule has 4 heteroatoms. The molecule has 0 saturated heterocycles. The van der Waals surface area contributed by atoms with E-state index in [2.05, 4.69) is 90.8 Å². The molecule has 2 fully saturated rings. The molecule has 4 rings (SSSR count). The van der Waals surface area contributed by atoms with Gasteiger partial charge in [-0.2, -0.15) is 0 Å². The van der Waals surface area contributed by atoms with Gasteiger partial charge in [-0.3, -0.25) is 0 Å². The molecular weight excluding hydrogens is 551 g/mol. The van der Waals surface area contributed by atoms with E-state index in [4.69, 9.17) is 0 Å². The second kappa shape index (κ2) is 19.5. The van der Waals surface area contributed by atoms with Crippen LogP contribution in [-0.2, 0) is 23.3 Å². The van der Waals surface area contributed by atoms with Crippen molar-refractivity contribution in [1.82, 2.24) is 0 Å². The number of halogens is 2. The molecule has 0 N–H and O–H groups in total. The molecular formula is C30H52Cl2SiZr-4. The van der Waals surface area contributed by atoms with Crippen LogP contribution in [0.4, 0.5) is 0 Å². The molecule has 0 aromatic heterocycles. The molecule has 0 aliphatic heterocycles. The van der Waals surface area contributed by atoms with Crippen LogP contribution in [0.15, 0.2) is 47.6 Å². The van der Waals surface area contributed by atoms with E-state index in [1.807, 2.05) is 6.88 Å². The van der Waals surface area contributed by atoms with Gasteiger partial charge in [0.1, 0.15) is 0 Å². The molecule has 0 aromatic rings. The van der Waals surface area contributed by atoms with E-state index in [1.165, 1.54) is 25.7 Å². The van der Waals surface area contributed by atoms with Gasteiger partial charge in [-0.1, -0.05) is 66.2 Å². The van der Waals surface area contributed by atoms with Crippen molar-refractivity contribution in [3.8, 4) is 0 Å². The Morgan fingerprint density at radius 3 is 1.35 bits per heavy atom. The Balaban J connectivity index is -0.000000475. The number of rotatable bonds is 2. The third-order valence-electron chi connectivity index (χ3n) is 7.47. The fourth-order valence-corrected chi connectivity index (χ4v) is 5.95. The molecule has 0 radical (unpaired) electrons. The molecule has 0 spiro atoms. The first-order valence-corrected chi connectivity index (χ1v) is 18.1. The van der Waals surface area contributed by atoms with Crippen molar-refractivity contribution in [2.75, 3.05) is 0 Å². The van der Waals surface area contributed by atoms with Crippen molar-refractivity contribution in [2.24, 2.45) is 47.3 Å². The van der Waals surface area contributed by atoms with Gasteiger partial charge in [0.25, 0.3) is 0 Å². The van der Waals surface area contributed by atoms with E-state index < -0.39 is 0 Å². The molecule has 0 aromatic carbocycles. The second-order valence-corrected chi connectivity index (χ2v) is 10.4. The number of allylic oxidation sites excluding steroid dienone is 8. The average Bonchev–Trinajstić information content (AvgIpc) is 3.10. The van der Waals surface area contributed by atoms with Gasteiger partial charge < -0.3 is 14.9 Å². The average molecular weight is 603 g/mol. The van der Waals surface area contributed by atoms with Gasteiger partial charge in [0.2, 0.25) is 0 Å². The van der Waals surface area contributed by atoms with Gasteiger partial charge in [-0.25, -0.2) is 36.1 Å². The first-order chi connectivity index (χ1) is 14.4. The fraction of sp³-hybridized carbons (Fsp3) is 0.600. The van der Waals surface area contributed by atoms with Gasteiger partial charge >= 0.3 is 30.2 Å². The summed E-state index contributed by atoms with van der Waals surface area (Å²) in [6, 6.07) is 0. The minimum atomic E-state index is 0. The van der Waals surface area contributed by atoms with Crippen molar-refractivity contribution < 1.29 is 23.3 Å². The molecule has 0 heterocycles. The molecule has 6 unspecified atom stereocenters. The Kier molecular flexibility index (Phi) is 22.3. The third kappa shape index (κ3) is 10.8. The Hall–Kier alpha value is 0.380. The quantitative estimate of drug-likeness (QED) is 0.219. The van der Waals surface area contributed by atoms with Crippen LogP contribution < -0.4 is 0 Å². The Morgan fingerprint density at radius 1 is 0.735 bits per heavy atom. The van der Waals surface area contributed by atoms with Crippen LogP contribution in [0.1, 0.15) is 67.2 Å². The third-order valence-corrected chi connectivity index (χ3v) is 7.47. The van der Waals surface area contributed by atoms with Crippen molar-refractivity contribution in [2.45, 2.75) is 67.2 Å². The van der Waals surface area contributed by atoms with E-state index in [1.54, 1.807) is 34.5 Å². The molecule has 0 nitrogen and oxygen atoms in total. The number of fused-ring (bicyclic) bond motifs is 2. The van der Waals surface area contributed by atoms with Crippen LogP contribution in [-0.4, -0.2) is 6.88 Å². The number of hydrogen-bond donors (Lipinski definition) is 0. The molecule has 0 amide bonds. The van der Waals surface area contributed by atoms with Crippen LogP contribution in [0, 0.1) is 75.0 Å².